The fraction of sp³-hybridized carbons (Fsp3) is 0.706. The third-order valence-corrected chi connectivity index (χ3v) is 8.98. The van der Waals surface area contributed by atoms with Crippen molar-refractivity contribution in [2.75, 3.05) is 13.2 Å². The minimum absolute atomic E-state index is 0.00794. The van der Waals surface area contributed by atoms with Crippen LogP contribution in [0.15, 0.2) is 14.5 Å². The van der Waals surface area contributed by atoms with E-state index in [9.17, 15) is 23.3 Å². The molecule has 0 saturated heterocycles. The monoisotopic (exact) mass is 467 g/mol. The maximum Gasteiger partial charge on any atom is 0.294 e. The highest BCUT2D eigenvalue weighted by atomic mass is 32.2. The molecule has 1 aromatic heterocycles. The zero-order valence-corrected chi connectivity index (χ0v) is 19.5. The van der Waals surface area contributed by atoms with E-state index in [1.54, 1.807) is 6.92 Å². The fourth-order valence-corrected chi connectivity index (χ4v) is 7.23. The standard InChI is InChI=1S/C15H23N3O6S3.C2H6/c1-3-16-12-8-10(2)27(22,23)15-11(12)9-14(25-15)26-17-13(19)6-4-5-7-24-18(20)21;1-2/h9-10,12,16H,3-8H2,1-2H3,(H,17,19);1-2H3. The zero-order valence-electron chi connectivity index (χ0n) is 17.1. The average molecular weight is 468 g/mol. The summed E-state index contributed by atoms with van der Waals surface area (Å²) in [7, 11) is -3.33. The summed E-state index contributed by atoms with van der Waals surface area (Å²) < 4.78 is 28.9. The van der Waals surface area contributed by atoms with Gasteiger partial charge in [-0.25, -0.2) is 8.42 Å². The van der Waals surface area contributed by atoms with Crippen LogP contribution in [0.1, 0.15) is 65.0 Å². The predicted octanol–water partition coefficient (Wildman–Crippen LogP) is 3.49. The lowest BCUT2D eigenvalue weighted by atomic mass is 10.1. The molecule has 2 atom stereocenters. The summed E-state index contributed by atoms with van der Waals surface area (Å²) in [5.74, 6) is -0.216. The Morgan fingerprint density at radius 1 is 1.41 bits per heavy atom. The van der Waals surface area contributed by atoms with Gasteiger partial charge < -0.3 is 10.2 Å². The molecule has 0 aliphatic carbocycles. The van der Waals surface area contributed by atoms with E-state index >= 15 is 0 Å². The predicted molar refractivity (Wildman–Crippen MR) is 114 cm³/mol. The summed E-state index contributed by atoms with van der Waals surface area (Å²) in [6.45, 7) is 8.41. The normalized spacial score (nSPS) is 19.4. The van der Waals surface area contributed by atoms with Crippen LogP contribution in [0.2, 0.25) is 0 Å². The Balaban J connectivity index is 0.00000204. The number of unbranched alkanes of at least 4 members (excludes halogenated alkanes) is 1. The molecule has 1 aromatic rings. The molecule has 29 heavy (non-hydrogen) atoms. The molecule has 0 spiro atoms. The number of sulfone groups is 1. The molecule has 2 unspecified atom stereocenters. The second-order valence-corrected chi connectivity index (χ2v) is 10.9. The number of carbonyl (C=O) groups excluding carboxylic acids is 1. The van der Waals surface area contributed by atoms with Crippen molar-refractivity contribution >= 4 is 39.0 Å². The quantitative estimate of drug-likeness (QED) is 0.232. The van der Waals surface area contributed by atoms with Crippen LogP contribution in [-0.2, 0) is 19.5 Å². The van der Waals surface area contributed by atoms with Crippen LogP contribution in [-0.4, -0.2) is 37.8 Å². The highest BCUT2D eigenvalue weighted by molar-refractivity contribution is 8.00. The largest absolute Gasteiger partial charge is 0.314 e. The topological polar surface area (TPSA) is 128 Å². The fourth-order valence-electron chi connectivity index (χ4n) is 2.77. The molecule has 0 fully saturated rings. The Hall–Kier alpha value is -1.37. The average Bonchev–Trinajstić information content (AvgIpc) is 3.12. The summed E-state index contributed by atoms with van der Waals surface area (Å²) in [5.41, 5.74) is 0.772. The minimum Gasteiger partial charge on any atom is -0.314 e. The first-order valence-corrected chi connectivity index (χ1v) is 12.8. The van der Waals surface area contributed by atoms with Gasteiger partial charge in [-0.15, -0.1) is 21.5 Å². The molecular weight excluding hydrogens is 438 g/mol. The van der Waals surface area contributed by atoms with E-state index in [4.69, 9.17) is 0 Å². The van der Waals surface area contributed by atoms with Crippen molar-refractivity contribution in [1.29, 1.82) is 0 Å². The van der Waals surface area contributed by atoms with Gasteiger partial charge >= 0.3 is 0 Å². The molecule has 2 rings (SSSR count). The van der Waals surface area contributed by atoms with Crippen molar-refractivity contribution in [3.8, 4) is 0 Å². The van der Waals surface area contributed by atoms with Crippen molar-refractivity contribution < 1.29 is 23.1 Å². The van der Waals surface area contributed by atoms with E-state index in [0.717, 1.165) is 24.1 Å². The third-order valence-electron chi connectivity index (χ3n) is 4.14. The summed E-state index contributed by atoms with van der Waals surface area (Å²) in [6.07, 6.45) is 1.62. The maximum absolute atomic E-state index is 12.6. The van der Waals surface area contributed by atoms with E-state index in [1.165, 1.54) is 11.3 Å². The number of thiophene rings is 1. The molecule has 0 aromatic carbocycles. The molecule has 166 valence electrons. The van der Waals surface area contributed by atoms with E-state index in [-0.39, 0.29) is 25.0 Å². The van der Waals surface area contributed by atoms with Gasteiger partial charge in [0.2, 0.25) is 5.91 Å². The van der Waals surface area contributed by atoms with Crippen molar-refractivity contribution in [3.05, 3.63) is 21.7 Å². The molecule has 12 heteroatoms. The van der Waals surface area contributed by atoms with Gasteiger partial charge in [0, 0.05) is 12.5 Å². The molecule has 0 radical (unpaired) electrons. The number of hydrogen-bond acceptors (Lipinski definition) is 9. The van der Waals surface area contributed by atoms with Crippen LogP contribution < -0.4 is 10.0 Å². The van der Waals surface area contributed by atoms with E-state index in [1.807, 2.05) is 26.8 Å². The van der Waals surface area contributed by atoms with Crippen molar-refractivity contribution in [2.45, 2.75) is 73.1 Å². The number of amides is 1. The lowest BCUT2D eigenvalue weighted by molar-refractivity contribution is -0.757. The molecule has 0 saturated carbocycles. The second kappa shape index (κ2) is 12.4. The lowest BCUT2D eigenvalue weighted by Gasteiger charge is -2.27. The van der Waals surface area contributed by atoms with Gasteiger partial charge in [-0.05, 0) is 56.3 Å². The van der Waals surface area contributed by atoms with Crippen LogP contribution in [0, 0.1) is 10.1 Å². The number of rotatable bonds is 10. The van der Waals surface area contributed by atoms with Gasteiger partial charge in [0.25, 0.3) is 5.09 Å². The Labute approximate surface area is 180 Å². The number of nitrogens with one attached hydrogen (secondary N) is 2. The Morgan fingerprint density at radius 3 is 2.72 bits per heavy atom. The number of fused-ring (bicyclic) bond motifs is 1. The number of hydrogen-bond donors (Lipinski definition) is 2. The van der Waals surface area contributed by atoms with Crippen LogP contribution in [0.25, 0.3) is 0 Å². The maximum atomic E-state index is 12.6. The van der Waals surface area contributed by atoms with Crippen molar-refractivity contribution in [3.63, 3.8) is 0 Å². The highest BCUT2D eigenvalue weighted by Crippen LogP contribution is 2.43. The Morgan fingerprint density at radius 2 is 2.10 bits per heavy atom. The molecule has 9 nitrogen and oxygen atoms in total. The highest BCUT2D eigenvalue weighted by Gasteiger charge is 2.38. The summed E-state index contributed by atoms with van der Waals surface area (Å²) >= 11 is 2.28. The van der Waals surface area contributed by atoms with Crippen molar-refractivity contribution in [1.82, 2.24) is 10.0 Å². The first-order valence-electron chi connectivity index (χ1n) is 9.59. The summed E-state index contributed by atoms with van der Waals surface area (Å²) in [4.78, 5) is 26.1. The van der Waals surface area contributed by atoms with Gasteiger partial charge in [-0.1, -0.05) is 20.8 Å². The van der Waals surface area contributed by atoms with Crippen LogP contribution in [0.3, 0.4) is 0 Å². The zero-order chi connectivity index (χ0) is 22.0. The van der Waals surface area contributed by atoms with E-state index in [0.29, 0.717) is 27.7 Å². The molecule has 2 N–H and O–H groups in total. The first kappa shape index (κ1) is 25.7. The molecule has 1 amide bonds. The molecule has 2 heterocycles. The molecule has 0 bridgehead atoms. The van der Waals surface area contributed by atoms with E-state index in [2.05, 4.69) is 14.9 Å². The summed E-state index contributed by atoms with van der Waals surface area (Å²) in [5, 5.41) is 12.0. The van der Waals surface area contributed by atoms with Crippen LogP contribution >= 0.6 is 23.3 Å². The van der Waals surface area contributed by atoms with Crippen molar-refractivity contribution in [2.24, 2.45) is 0 Å². The number of nitrogens with zero attached hydrogens (tertiary/aromatic N) is 1. The van der Waals surface area contributed by atoms with Crippen LogP contribution in [0.4, 0.5) is 0 Å². The van der Waals surface area contributed by atoms with Gasteiger partial charge in [-0.3, -0.25) is 9.52 Å². The Kier molecular flexibility index (Phi) is 10.9. The van der Waals surface area contributed by atoms with Crippen LogP contribution in [0.5, 0.6) is 0 Å². The summed E-state index contributed by atoms with van der Waals surface area (Å²) in [6, 6.07) is 1.82. The minimum atomic E-state index is -3.33. The second-order valence-electron chi connectivity index (χ2n) is 6.15. The van der Waals surface area contributed by atoms with Gasteiger partial charge in [0.15, 0.2) is 9.84 Å². The molecule has 1 aliphatic heterocycles. The van der Waals surface area contributed by atoms with E-state index < -0.39 is 20.2 Å². The lowest BCUT2D eigenvalue weighted by Crippen LogP contribution is -2.33. The Bertz CT molecular complexity index is 781. The number of carbonyl (C=O) groups is 1. The van der Waals surface area contributed by atoms with Gasteiger partial charge in [0.1, 0.15) is 4.21 Å². The molecule has 1 aliphatic rings. The van der Waals surface area contributed by atoms with Gasteiger partial charge in [-0.2, -0.15) is 0 Å². The molecular formula is C17H29N3O6S3. The first-order chi connectivity index (χ1) is 13.8. The third kappa shape index (κ3) is 7.43. The van der Waals surface area contributed by atoms with Gasteiger partial charge in [0.05, 0.1) is 16.1 Å². The smallest absolute Gasteiger partial charge is 0.294 e. The SMILES string of the molecule is CC.CCNC1CC(C)S(=O)(=O)c2sc(SNC(=O)CCCCO[N+](=O)[O-])cc21.